The van der Waals surface area contributed by atoms with Crippen LogP contribution in [0.3, 0.4) is 0 Å². The standard InChI is InChI=1S/C30H34N6O3/c1-4-34(5-2)14-13-28(37)35-15-12-25-26(19-35)31-20-32-29(25)39-24-9-10-27-22(18-24)11-16-36(27)30(38)33-23-8-6-7-21(3)17-23/h6-11,16-18,20H,4-5,12-15,19H2,1-3H3,(H,33,38). The Kier molecular flexibility index (Phi) is 7.88. The van der Waals surface area contributed by atoms with Crippen LogP contribution < -0.4 is 10.1 Å². The summed E-state index contributed by atoms with van der Waals surface area (Å²) >= 11 is 0. The molecule has 0 bridgehead atoms. The molecular weight excluding hydrogens is 492 g/mol. The number of rotatable bonds is 8. The maximum Gasteiger partial charge on any atom is 0.330 e. The summed E-state index contributed by atoms with van der Waals surface area (Å²) in [5.41, 5.74) is 4.35. The number of nitrogens with zero attached hydrogens (tertiary/aromatic N) is 5. The number of anilines is 1. The van der Waals surface area contributed by atoms with Gasteiger partial charge in [-0.3, -0.25) is 9.36 Å². The van der Waals surface area contributed by atoms with Crippen molar-refractivity contribution >= 4 is 28.5 Å². The number of fused-ring (bicyclic) bond motifs is 2. The van der Waals surface area contributed by atoms with Gasteiger partial charge in [-0.1, -0.05) is 26.0 Å². The maximum absolute atomic E-state index is 12.9. The Balaban J connectivity index is 1.27. The van der Waals surface area contributed by atoms with Gasteiger partial charge in [-0.25, -0.2) is 14.8 Å². The molecule has 39 heavy (non-hydrogen) atoms. The van der Waals surface area contributed by atoms with Crippen LogP contribution in [0.2, 0.25) is 0 Å². The van der Waals surface area contributed by atoms with E-state index in [1.165, 1.54) is 6.33 Å². The van der Waals surface area contributed by atoms with E-state index in [9.17, 15) is 9.59 Å². The topological polar surface area (TPSA) is 92.6 Å². The fraction of sp³-hybridized carbons (Fsp3) is 0.333. The van der Waals surface area contributed by atoms with Crippen molar-refractivity contribution in [1.82, 2.24) is 24.3 Å². The van der Waals surface area contributed by atoms with Gasteiger partial charge in [0.1, 0.15) is 12.1 Å². The first-order chi connectivity index (χ1) is 18.9. The molecule has 2 amide bonds. The summed E-state index contributed by atoms with van der Waals surface area (Å²) < 4.78 is 7.78. The van der Waals surface area contributed by atoms with Crippen LogP contribution in [0.25, 0.3) is 10.9 Å². The zero-order valence-electron chi connectivity index (χ0n) is 22.7. The molecule has 0 saturated carbocycles. The Morgan fingerprint density at radius 3 is 2.72 bits per heavy atom. The molecule has 1 N–H and O–H groups in total. The summed E-state index contributed by atoms with van der Waals surface area (Å²) in [5.74, 6) is 1.28. The molecule has 0 fully saturated rings. The molecule has 3 heterocycles. The van der Waals surface area contributed by atoms with Gasteiger partial charge in [0.15, 0.2) is 0 Å². The number of aromatic nitrogens is 3. The van der Waals surface area contributed by atoms with E-state index < -0.39 is 0 Å². The van der Waals surface area contributed by atoms with E-state index in [-0.39, 0.29) is 11.9 Å². The molecule has 2 aromatic carbocycles. The molecule has 9 heteroatoms. The van der Waals surface area contributed by atoms with Crippen LogP contribution in [0.1, 0.15) is 37.1 Å². The molecule has 2 aromatic heterocycles. The van der Waals surface area contributed by atoms with Crippen LogP contribution in [0.5, 0.6) is 11.6 Å². The van der Waals surface area contributed by atoms with Gasteiger partial charge in [-0.2, -0.15) is 0 Å². The number of carbonyl (C=O) groups excluding carboxylic acids is 2. The first-order valence-corrected chi connectivity index (χ1v) is 13.4. The van der Waals surface area contributed by atoms with E-state index in [0.29, 0.717) is 37.6 Å². The molecule has 0 saturated heterocycles. The maximum atomic E-state index is 12.9. The molecule has 9 nitrogen and oxygen atoms in total. The zero-order chi connectivity index (χ0) is 27.4. The number of hydrogen-bond acceptors (Lipinski definition) is 6. The van der Waals surface area contributed by atoms with Gasteiger partial charge in [0.25, 0.3) is 0 Å². The summed E-state index contributed by atoms with van der Waals surface area (Å²) in [5, 5.41) is 3.82. The second-order valence-corrected chi connectivity index (χ2v) is 9.75. The van der Waals surface area contributed by atoms with Gasteiger partial charge < -0.3 is 19.9 Å². The first-order valence-electron chi connectivity index (χ1n) is 13.4. The average Bonchev–Trinajstić information content (AvgIpc) is 3.37. The SMILES string of the molecule is CCN(CC)CCC(=O)N1CCc2c(ncnc2Oc2ccc3c(ccn3C(=O)Nc3cccc(C)c3)c2)C1. The van der Waals surface area contributed by atoms with Crippen LogP contribution in [0.15, 0.2) is 61.1 Å². The second-order valence-electron chi connectivity index (χ2n) is 9.75. The lowest BCUT2D eigenvalue weighted by Gasteiger charge is -2.29. The van der Waals surface area contributed by atoms with Crippen LogP contribution in [-0.4, -0.2) is 62.5 Å². The first kappa shape index (κ1) is 26.4. The lowest BCUT2D eigenvalue weighted by molar-refractivity contribution is -0.132. The fourth-order valence-corrected chi connectivity index (χ4v) is 4.96. The summed E-state index contributed by atoms with van der Waals surface area (Å²) in [6.45, 7) is 9.94. The van der Waals surface area contributed by atoms with Gasteiger partial charge in [0.2, 0.25) is 11.8 Å². The normalized spacial score (nSPS) is 13.0. The van der Waals surface area contributed by atoms with Gasteiger partial charge in [-0.15, -0.1) is 0 Å². The number of amides is 2. The predicted octanol–water partition coefficient (Wildman–Crippen LogP) is 5.23. The number of nitrogens with one attached hydrogen (secondary N) is 1. The number of carbonyl (C=O) groups is 2. The van der Waals surface area contributed by atoms with Crippen LogP contribution in [-0.2, 0) is 17.8 Å². The Bertz CT molecular complexity index is 1490. The number of benzene rings is 2. The van der Waals surface area contributed by atoms with Crippen molar-refractivity contribution < 1.29 is 14.3 Å². The predicted molar refractivity (Wildman–Crippen MR) is 151 cm³/mol. The van der Waals surface area contributed by atoms with Gasteiger partial charge >= 0.3 is 6.03 Å². The highest BCUT2D eigenvalue weighted by Gasteiger charge is 2.25. The molecule has 0 spiro atoms. The van der Waals surface area contributed by atoms with Gasteiger partial charge in [-0.05, 0) is 68.4 Å². The van der Waals surface area contributed by atoms with E-state index >= 15 is 0 Å². The highest BCUT2D eigenvalue weighted by molar-refractivity contribution is 5.98. The van der Waals surface area contributed by atoms with Crippen molar-refractivity contribution in [1.29, 1.82) is 0 Å². The third-order valence-electron chi connectivity index (χ3n) is 7.22. The molecule has 1 aliphatic rings. The minimum absolute atomic E-state index is 0.148. The Morgan fingerprint density at radius 1 is 1.08 bits per heavy atom. The van der Waals surface area contributed by atoms with E-state index in [4.69, 9.17) is 4.74 Å². The molecule has 0 atom stereocenters. The summed E-state index contributed by atoms with van der Waals surface area (Å²) in [6, 6.07) is 14.9. The molecule has 5 rings (SSSR count). The fourth-order valence-electron chi connectivity index (χ4n) is 4.96. The van der Waals surface area contributed by atoms with Crippen molar-refractivity contribution in [2.75, 3.05) is 31.5 Å². The molecular formula is C30H34N6O3. The zero-order valence-corrected chi connectivity index (χ0v) is 22.7. The Hall–Kier alpha value is -4.24. The quantitative estimate of drug-likeness (QED) is 0.338. The molecule has 1 aliphatic heterocycles. The molecule has 0 unspecified atom stereocenters. The number of hydrogen-bond donors (Lipinski definition) is 1. The lowest BCUT2D eigenvalue weighted by Crippen LogP contribution is -2.38. The highest BCUT2D eigenvalue weighted by atomic mass is 16.5. The second kappa shape index (κ2) is 11.7. The van der Waals surface area contributed by atoms with Crippen molar-refractivity contribution in [2.24, 2.45) is 0 Å². The average molecular weight is 527 g/mol. The Morgan fingerprint density at radius 2 is 1.92 bits per heavy atom. The minimum Gasteiger partial charge on any atom is -0.439 e. The van der Waals surface area contributed by atoms with Crippen molar-refractivity contribution in [3.63, 3.8) is 0 Å². The molecule has 4 aromatic rings. The third-order valence-corrected chi connectivity index (χ3v) is 7.22. The van der Waals surface area contributed by atoms with Gasteiger partial charge in [0.05, 0.1) is 17.8 Å². The van der Waals surface area contributed by atoms with E-state index in [0.717, 1.165) is 53.0 Å². The summed E-state index contributed by atoms with van der Waals surface area (Å²) in [6.07, 6.45) is 4.38. The highest BCUT2D eigenvalue weighted by Crippen LogP contribution is 2.30. The third kappa shape index (κ3) is 5.93. The van der Waals surface area contributed by atoms with E-state index in [1.54, 1.807) is 10.8 Å². The number of ether oxygens (including phenoxy) is 1. The number of aryl methyl sites for hydroxylation is 1. The monoisotopic (exact) mass is 526 g/mol. The summed E-state index contributed by atoms with van der Waals surface area (Å²) in [7, 11) is 0. The van der Waals surface area contributed by atoms with Crippen LogP contribution >= 0.6 is 0 Å². The minimum atomic E-state index is -0.231. The van der Waals surface area contributed by atoms with Crippen LogP contribution in [0.4, 0.5) is 10.5 Å². The van der Waals surface area contributed by atoms with E-state index in [1.807, 2.05) is 60.4 Å². The molecule has 0 radical (unpaired) electrons. The van der Waals surface area contributed by atoms with Crippen LogP contribution in [0, 0.1) is 6.92 Å². The molecule has 202 valence electrons. The van der Waals surface area contributed by atoms with Gasteiger partial charge in [0, 0.05) is 42.3 Å². The lowest BCUT2D eigenvalue weighted by atomic mass is 10.1. The van der Waals surface area contributed by atoms with Crippen molar-refractivity contribution in [3.05, 3.63) is 77.9 Å². The van der Waals surface area contributed by atoms with Crippen molar-refractivity contribution in [3.8, 4) is 11.6 Å². The molecule has 0 aliphatic carbocycles. The van der Waals surface area contributed by atoms with E-state index in [2.05, 4.69) is 34.0 Å². The smallest absolute Gasteiger partial charge is 0.330 e. The summed E-state index contributed by atoms with van der Waals surface area (Å²) in [4.78, 5) is 38.7. The van der Waals surface area contributed by atoms with Crippen molar-refractivity contribution in [2.45, 2.75) is 40.2 Å². The Labute approximate surface area is 228 Å². The largest absolute Gasteiger partial charge is 0.439 e.